The lowest BCUT2D eigenvalue weighted by atomic mass is 10.1. The van der Waals surface area contributed by atoms with Gasteiger partial charge >= 0.3 is 0 Å². The highest BCUT2D eigenvalue weighted by Crippen LogP contribution is 2.10. The Kier molecular flexibility index (Phi) is 5.46. The average molecular weight is 316 g/mol. The highest BCUT2D eigenvalue weighted by atomic mass is 16.2. The van der Waals surface area contributed by atoms with E-state index in [0.29, 0.717) is 43.9 Å². The van der Waals surface area contributed by atoms with Crippen LogP contribution in [0.2, 0.25) is 0 Å². The van der Waals surface area contributed by atoms with E-state index < -0.39 is 0 Å². The lowest BCUT2D eigenvalue weighted by molar-refractivity contribution is -0.130. The van der Waals surface area contributed by atoms with E-state index in [9.17, 15) is 14.4 Å². The molecule has 7 heteroatoms. The number of amides is 3. The van der Waals surface area contributed by atoms with E-state index in [1.807, 2.05) is 0 Å². The van der Waals surface area contributed by atoms with Crippen LogP contribution in [0.25, 0.3) is 0 Å². The van der Waals surface area contributed by atoms with Gasteiger partial charge in [0.15, 0.2) is 0 Å². The summed E-state index contributed by atoms with van der Waals surface area (Å²) < 4.78 is 0. The van der Waals surface area contributed by atoms with E-state index in [0.717, 1.165) is 0 Å². The van der Waals surface area contributed by atoms with Crippen LogP contribution in [-0.2, 0) is 4.79 Å². The van der Waals surface area contributed by atoms with E-state index in [-0.39, 0.29) is 17.7 Å². The van der Waals surface area contributed by atoms with Crippen LogP contribution < -0.4 is 5.32 Å². The zero-order chi connectivity index (χ0) is 16.8. The summed E-state index contributed by atoms with van der Waals surface area (Å²) in [5.74, 6) is -0.466. The van der Waals surface area contributed by atoms with E-state index in [4.69, 9.17) is 0 Å². The third kappa shape index (κ3) is 4.15. The summed E-state index contributed by atoms with van der Waals surface area (Å²) in [7, 11) is 0. The first-order valence-corrected chi connectivity index (χ1v) is 7.42. The molecule has 3 amide bonds. The molecule has 1 aromatic heterocycles. The monoisotopic (exact) mass is 316 g/mol. The molecule has 0 radical (unpaired) electrons. The normalized spacial score (nSPS) is 14.3. The van der Waals surface area contributed by atoms with Gasteiger partial charge in [-0.05, 0) is 6.07 Å². The van der Waals surface area contributed by atoms with E-state index in [1.54, 1.807) is 15.9 Å². The van der Waals surface area contributed by atoms with Gasteiger partial charge in [0.2, 0.25) is 5.91 Å². The first-order valence-electron chi connectivity index (χ1n) is 7.42. The predicted molar refractivity (Wildman–Crippen MR) is 84.9 cm³/mol. The van der Waals surface area contributed by atoms with Crippen molar-refractivity contribution in [2.45, 2.75) is 6.92 Å². The molecular formula is C16H20N4O3. The first-order chi connectivity index (χ1) is 11.0. The van der Waals surface area contributed by atoms with Gasteiger partial charge in [-0.3, -0.25) is 19.4 Å². The minimum Gasteiger partial charge on any atom is -0.349 e. The fraction of sp³-hybridized carbons (Fsp3) is 0.375. The van der Waals surface area contributed by atoms with Crippen LogP contribution in [0.5, 0.6) is 0 Å². The highest BCUT2D eigenvalue weighted by Gasteiger charge is 2.23. The molecular weight excluding hydrogens is 296 g/mol. The minimum atomic E-state index is -0.298. The zero-order valence-electron chi connectivity index (χ0n) is 13.1. The standard InChI is InChI=1S/C16H20N4O3/c1-3-4-18-15(22)13-9-14(11-17-10-13)16(23)20-7-5-19(6-8-20)12(2)21/h3,9-11H,1,4-8H2,2H3,(H,18,22). The number of rotatable bonds is 4. The number of aromatic nitrogens is 1. The van der Waals surface area contributed by atoms with Gasteiger partial charge in [-0.1, -0.05) is 6.08 Å². The summed E-state index contributed by atoms with van der Waals surface area (Å²) in [6.45, 7) is 7.40. The number of nitrogens with zero attached hydrogens (tertiary/aromatic N) is 3. The van der Waals surface area contributed by atoms with Gasteiger partial charge in [0.25, 0.3) is 11.8 Å². The lowest BCUT2D eigenvalue weighted by Crippen LogP contribution is -2.50. The average Bonchev–Trinajstić information content (AvgIpc) is 2.59. The summed E-state index contributed by atoms with van der Waals surface area (Å²) >= 11 is 0. The molecule has 2 heterocycles. The van der Waals surface area contributed by atoms with Crippen molar-refractivity contribution in [2.75, 3.05) is 32.7 Å². The van der Waals surface area contributed by atoms with Crippen molar-refractivity contribution in [2.24, 2.45) is 0 Å². The third-order valence-corrected chi connectivity index (χ3v) is 3.67. The molecule has 0 atom stereocenters. The van der Waals surface area contributed by atoms with Crippen LogP contribution in [0.4, 0.5) is 0 Å². The Morgan fingerprint density at radius 1 is 1.17 bits per heavy atom. The van der Waals surface area contributed by atoms with Crippen molar-refractivity contribution in [1.82, 2.24) is 20.1 Å². The molecule has 0 saturated carbocycles. The third-order valence-electron chi connectivity index (χ3n) is 3.67. The van der Waals surface area contributed by atoms with Gasteiger partial charge in [0.1, 0.15) is 0 Å². The molecule has 0 unspecified atom stereocenters. The molecule has 1 aliphatic rings. The maximum Gasteiger partial charge on any atom is 0.255 e. The molecule has 0 spiro atoms. The molecule has 1 N–H and O–H groups in total. The molecule has 1 fully saturated rings. The van der Waals surface area contributed by atoms with Crippen molar-refractivity contribution in [3.63, 3.8) is 0 Å². The summed E-state index contributed by atoms with van der Waals surface area (Å²) in [6.07, 6.45) is 4.45. The number of carbonyl (C=O) groups is 3. The van der Waals surface area contributed by atoms with Crippen LogP contribution in [0.3, 0.4) is 0 Å². The maximum atomic E-state index is 12.5. The Labute approximate surface area is 135 Å². The van der Waals surface area contributed by atoms with E-state index in [2.05, 4.69) is 16.9 Å². The second kappa shape index (κ2) is 7.53. The molecule has 2 rings (SSSR count). The SMILES string of the molecule is C=CCNC(=O)c1cncc(C(=O)N2CCN(C(C)=O)CC2)c1. The quantitative estimate of drug-likeness (QED) is 0.810. The van der Waals surface area contributed by atoms with Gasteiger partial charge in [-0.15, -0.1) is 6.58 Å². The fourth-order valence-corrected chi connectivity index (χ4v) is 2.36. The molecule has 1 aliphatic heterocycles. The Bertz CT molecular complexity index is 622. The maximum absolute atomic E-state index is 12.5. The van der Waals surface area contributed by atoms with Gasteiger partial charge in [0.05, 0.1) is 11.1 Å². The number of hydrogen-bond acceptors (Lipinski definition) is 4. The summed E-state index contributed by atoms with van der Waals surface area (Å²) in [5.41, 5.74) is 0.701. The lowest BCUT2D eigenvalue weighted by Gasteiger charge is -2.34. The van der Waals surface area contributed by atoms with Gasteiger partial charge in [-0.25, -0.2) is 0 Å². The molecule has 0 aromatic carbocycles. The molecule has 23 heavy (non-hydrogen) atoms. The second-order valence-corrected chi connectivity index (χ2v) is 5.26. The zero-order valence-corrected chi connectivity index (χ0v) is 13.1. The topological polar surface area (TPSA) is 82.6 Å². The summed E-state index contributed by atoms with van der Waals surface area (Å²) in [4.78, 5) is 43.1. The number of carbonyl (C=O) groups excluding carboxylic acids is 3. The van der Waals surface area contributed by atoms with Crippen molar-refractivity contribution >= 4 is 17.7 Å². The highest BCUT2D eigenvalue weighted by molar-refractivity contribution is 5.99. The van der Waals surface area contributed by atoms with Crippen molar-refractivity contribution in [3.8, 4) is 0 Å². The Balaban J connectivity index is 2.04. The van der Waals surface area contributed by atoms with Crippen molar-refractivity contribution < 1.29 is 14.4 Å². The molecule has 1 saturated heterocycles. The van der Waals surface area contributed by atoms with E-state index >= 15 is 0 Å². The van der Waals surface area contributed by atoms with Crippen LogP contribution in [0.15, 0.2) is 31.1 Å². The van der Waals surface area contributed by atoms with Crippen LogP contribution in [-0.4, -0.2) is 65.2 Å². The van der Waals surface area contributed by atoms with Gasteiger partial charge < -0.3 is 15.1 Å². The Morgan fingerprint density at radius 3 is 2.39 bits per heavy atom. The van der Waals surface area contributed by atoms with Crippen molar-refractivity contribution in [1.29, 1.82) is 0 Å². The van der Waals surface area contributed by atoms with Crippen molar-refractivity contribution in [3.05, 3.63) is 42.2 Å². The minimum absolute atomic E-state index is 0.0136. The van der Waals surface area contributed by atoms with Crippen LogP contribution in [0.1, 0.15) is 27.6 Å². The molecule has 1 aromatic rings. The van der Waals surface area contributed by atoms with Gasteiger partial charge in [0, 0.05) is 52.0 Å². The largest absolute Gasteiger partial charge is 0.349 e. The fourth-order valence-electron chi connectivity index (χ4n) is 2.36. The second-order valence-electron chi connectivity index (χ2n) is 5.26. The molecule has 122 valence electrons. The first kappa shape index (κ1) is 16.7. The number of nitrogens with one attached hydrogen (secondary N) is 1. The summed E-state index contributed by atoms with van der Waals surface area (Å²) in [6, 6.07) is 1.53. The number of hydrogen-bond donors (Lipinski definition) is 1. The Morgan fingerprint density at radius 2 is 1.78 bits per heavy atom. The summed E-state index contributed by atoms with van der Waals surface area (Å²) in [5, 5.41) is 2.65. The molecule has 7 nitrogen and oxygen atoms in total. The van der Waals surface area contributed by atoms with Gasteiger partial charge in [-0.2, -0.15) is 0 Å². The Hall–Kier alpha value is -2.70. The molecule has 0 aliphatic carbocycles. The number of piperazine rings is 1. The smallest absolute Gasteiger partial charge is 0.255 e. The molecule has 0 bridgehead atoms. The predicted octanol–water partition coefficient (Wildman–Crippen LogP) is 0.302. The van der Waals surface area contributed by atoms with Crippen LogP contribution >= 0.6 is 0 Å². The van der Waals surface area contributed by atoms with E-state index in [1.165, 1.54) is 25.4 Å². The number of pyridine rings is 1. The van der Waals surface area contributed by atoms with Crippen LogP contribution in [0, 0.1) is 0 Å².